The monoisotopic (exact) mass is 244 g/mol. The Morgan fingerprint density at radius 3 is 2.06 bits per heavy atom. The zero-order valence-corrected chi connectivity index (χ0v) is 11.4. The fourth-order valence-corrected chi connectivity index (χ4v) is 1.58. The molecule has 0 aromatic carbocycles. The second-order valence-corrected chi connectivity index (χ2v) is 5.24. The summed E-state index contributed by atoms with van der Waals surface area (Å²) < 4.78 is 0. The molecule has 0 aromatic heterocycles. The van der Waals surface area contributed by atoms with Crippen LogP contribution in [0.5, 0.6) is 0 Å². The zero-order valence-electron chi connectivity index (χ0n) is 11.4. The molecule has 100 valence electrons. The fraction of sp³-hybridized carbons (Fsp3) is 0.833. The molecule has 1 unspecified atom stereocenters. The molecule has 0 radical (unpaired) electrons. The number of amides is 2. The Morgan fingerprint density at radius 2 is 1.71 bits per heavy atom. The lowest BCUT2D eigenvalue weighted by atomic mass is 10.0. The van der Waals surface area contributed by atoms with Crippen molar-refractivity contribution >= 4 is 12.0 Å². The van der Waals surface area contributed by atoms with Gasteiger partial charge in [-0.25, -0.2) is 9.59 Å². The summed E-state index contributed by atoms with van der Waals surface area (Å²) >= 11 is 0. The minimum absolute atomic E-state index is 0.229. The van der Waals surface area contributed by atoms with Gasteiger partial charge in [0.15, 0.2) is 0 Å². The maximum atomic E-state index is 11.7. The number of nitrogens with one attached hydrogen (secondary N) is 1. The Bertz CT molecular complexity index is 264. The van der Waals surface area contributed by atoms with Crippen molar-refractivity contribution in [3.05, 3.63) is 0 Å². The minimum Gasteiger partial charge on any atom is -0.480 e. The van der Waals surface area contributed by atoms with E-state index in [1.165, 1.54) is 4.90 Å². The summed E-state index contributed by atoms with van der Waals surface area (Å²) in [4.78, 5) is 24.2. The van der Waals surface area contributed by atoms with Crippen LogP contribution in [-0.4, -0.2) is 41.6 Å². The van der Waals surface area contributed by atoms with Crippen molar-refractivity contribution in [1.29, 1.82) is 0 Å². The highest BCUT2D eigenvalue weighted by molar-refractivity contribution is 5.82. The summed E-state index contributed by atoms with van der Waals surface area (Å²) in [7, 11) is 1.67. The largest absolute Gasteiger partial charge is 0.480 e. The summed E-state index contributed by atoms with van der Waals surface area (Å²) in [6.45, 7) is 8.48. The average molecular weight is 244 g/mol. The third-order valence-corrected chi connectivity index (χ3v) is 2.29. The van der Waals surface area contributed by atoms with Gasteiger partial charge in [0.05, 0.1) is 0 Å². The number of carboxylic acids is 1. The van der Waals surface area contributed by atoms with Gasteiger partial charge in [-0.05, 0) is 18.3 Å². The predicted octanol–water partition coefficient (Wildman–Crippen LogP) is 1.78. The van der Waals surface area contributed by atoms with Crippen LogP contribution in [0.15, 0.2) is 0 Å². The molecular weight excluding hydrogens is 220 g/mol. The maximum Gasteiger partial charge on any atom is 0.326 e. The molecule has 2 amide bonds. The van der Waals surface area contributed by atoms with Gasteiger partial charge in [-0.15, -0.1) is 0 Å². The molecule has 0 aliphatic rings. The van der Waals surface area contributed by atoms with E-state index in [0.717, 1.165) is 0 Å². The smallest absolute Gasteiger partial charge is 0.326 e. The van der Waals surface area contributed by atoms with Gasteiger partial charge in [0.25, 0.3) is 0 Å². The zero-order chi connectivity index (χ0) is 13.6. The summed E-state index contributed by atoms with van der Waals surface area (Å²) in [6, 6.07) is -1.14. The van der Waals surface area contributed by atoms with E-state index < -0.39 is 12.0 Å². The first-order valence-corrected chi connectivity index (χ1v) is 5.98. The van der Waals surface area contributed by atoms with Crippen molar-refractivity contribution in [2.75, 3.05) is 13.6 Å². The Hall–Kier alpha value is -1.26. The molecule has 0 saturated carbocycles. The van der Waals surface area contributed by atoms with E-state index in [1.807, 2.05) is 27.7 Å². The molecular formula is C12H24N2O3. The number of hydrogen-bond acceptors (Lipinski definition) is 2. The van der Waals surface area contributed by atoms with Crippen LogP contribution in [0.2, 0.25) is 0 Å². The molecule has 0 heterocycles. The lowest BCUT2D eigenvalue weighted by molar-refractivity contribution is -0.139. The number of urea groups is 1. The SMILES string of the molecule is CC(C)CC(NC(=O)N(C)CC(C)C)C(=O)O. The minimum atomic E-state index is -0.981. The predicted molar refractivity (Wildman–Crippen MR) is 66.9 cm³/mol. The molecule has 0 saturated heterocycles. The molecule has 0 fully saturated rings. The molecule has 5 heteroatoms. The highest BCUT2D eigenvalue weighted by atomic mass is 16.4. The van der Waals surface area contributed by atoms with Crippen LogP contribution in [0, 0.1) is 11.8 Å². The van der Waals surface area contributed by atoms with Gasteiger partial charge in [-0.3, -0.25) is 0 Å². The Morgan fingerprint density at radius 1 is 1.18 bits per heavy atom. The topological polar surface area (TPSA) is 69.6 Å². The van der Waals surface area contributed by atoms with Gasteiger partial charge in [0.2, 0.25) is 0 Å². The van der Waals surface area contributed by atoms with Gasteiger partial charge in [0, 0.05) is 13.6 Å². The molecule has 17 heavy (non-hydrogen) atoms. The van der Waals surface area contributed by atoms with Crippen LogP contribution >= 0.6 is 0 Å². The molecule has 0 aliphatic carbocycles. The normalized spacial score (nSPS) is 12.6. The summed E-state index contributed by atoms with van der Waals surface area (Å²) in [6.07, 6.45) is 0.441. The van der Waals surface area contributed by atoms with E-state index in [4.69, 9.17) is 5.11 Å². The summed E-state index contributed by atoms with van der Waals surface area (Å²) in [5.74, 6) is -0.393. The first-order chi connectivity index (χ1) is 7.73. The van der Waals surface area contributed by atoms with Crippen molar-refractivity contribution in [2.24, 2.45) is 11.8 Å². The van der Waals surface area contributed by atoms with Crippen LogP contribution in [0.4, 0.5) is 4.79 Å². The van der Waals surface area contributed by atoms with E-state index >= 15 is 0 Å². The van der Waals surface area contributed by atoms with Gasteiger partial charge in [0.1, 0.15) is 6.04 Å². The third kappa shape index (κ3) is 6.81. The Balaban J connectivity index is 4.35. The maximum absolute atomic E-state index is 11.7. The number of rotatable bonds is 6. The van der Waals surface area contributed by atoms with Crippen molar-refractivity contribution in [2.45, 2.75) is 40.2 Å². The van der Waals surface area contributed by atoms with E-state index in [0.29, 0.717) is 18.9 Å². The molecule has 1 atom stereocenters. The average Bonchev–Trinajstić information content (AvgIpc) is 2.14. The van der Waals surface area contributed by atoms with Crippen LogP contribution in [0.3, 0.4) is 0 Å². The molecule has 5 nitrogen and oxygen atoms in total. The summed E-state index contributed by atoms with van der Waals surface area (Å²) in [5, 5.41) is 11.5. The molecule has 0 bridgehead atoms. The number of hydrogen-bond donors (Lipinski definition) is 2. The molecule has 2 N–H and O–H groups in total. The number of nitrogens with zero attached hydrogens (tertiary/aromatic N) is 1. The first-order valence-electron chi connectivity index (χ1n) is 5.98. The van der Waals surface area contributed by atoms with Gasteiger partial charge in [-0.1, -0.05) is 27.7 Å². The van der Waals surface area contributed by atoms with Crippen LogP contribution in [-0.2, 0) is 4.79 Å². The molecule has 0 aliphatic heterocycles. The highest BCUT2D eigenvalue weighted by Crippen LogP contribution is 2.06. The standard InChI is InChI=1S/C12H24N2O3/c1-8(2)6-10(11(15)16)13-12(17)14(5)7-9(3)4/h8-10H,6-7H2,1-5H3,(H,13,17)(H,15,16). The van der Waals surface area contributed by atoms with Gasteiger partial charge < -0.3 is 15.3 Å². The number of aliphatic carboxylic acids is 1. The van der Waals surface area contributed by atoms with Gasteiger partial charge in [-0.2, -0.15) is 0 Å². The number of carbonyl (C=O) groups is 2. The molecule has 0 spiro atoms. The third-order valence-electron chi connectivity index (χ3n) is 2.29. The van der Waals surface area contributed by atoms with E-state index in [2.05, 4.69) is 5.32 Å². The number of carboxylic acid groups (broad SMARTS) is 1. The van der Waals surface area contributed by atoms with Crippen LogP contribution in [0.1, 0.15) is 34.1 Å². The number of carbonyl (C=O) groups excluding carboxylic acids is 1. The highest BCUT2D eigenvalue weighted by Gasteiger charge is 2.22. The first kappa shape index (κ1) is 15.7. The second-order valence-electron chi connectivity index (χ2n) is 5.24. The van der Waals surface area contributed by atoms with Crippen molar-refractivity contribution in [3.8, 4) is 0 Å². The Kier molecular flexibility index (Phi) is 6.61. The van der Waals surface area contributed by atoms with E-state index in [1.54, 1.807) is 7.05 Å². The van der Waals surface area contributed by atoms with E-state index in [9.17, 15) is 9.59 Å². The van der Waals surface area contributed by atoms with Crippen molar-refractivity contribution in [1.82, 2.24) is 10.2 Å². The molecule has 0 rings (SSSR count). The van der Waals surface area contributed by atoms with Crippen molar-refractivity contribution < 1.29 is 14.7 Å². The summed E-state index contributed by atoms with van der Waals surface area (Å²) in [5.41, 5.74) is 0. The second kappa shape index (κ2) is 7.14. The lowest BCUT2D eigenvalue weighted by Gasteiger charge is -2.23. The lowest BCUT2D eigenvalue weighted by Crippen LogP contribution is -2.47. The Labute approximate surface area is 103 Å². The van der Waals surface area contributed by atoms with Crippen LogP contribution in [0.25, 0.3) is 0 Å². The van der Waals surface area contributed by atoms with Crippen molar-refractivity contribution in [3.63, 3.8) is 0 Å². The quantitative estimate of drug-likeness (QED) is 0.748. The van der Waals surface area contributed by atoms with Gasteiger partial charge >= 0.3 is 12.0 Å². The fourth-order valence-electron chi connectivity index (χ4n) is 1.58. The van der Waals surface area contributed by atoms with Crippen LogP contribution < -0.4 is 5.32 Å². The van der Waals surface area contributed by atoms with E-state index in [-0.39, 0.29) is 11.9 Å². The molecule has 0 aromatic rings.